The molecule has 1 fully saturated rings. The number of nitrogens with zero attached hydrogens (tertiary/aromatic N) is 1. The van der Waals surface area contributed by atoms with E-state index in [2.05, 4.69) is 12.2 Å². The molecule has 2 amide bonds. The second kappa shape index (κ2) is 10.4. The molecule has 2 N–H and O–H groups in total. The molecule has 0 radical (unpaired) electrons. The Labute approximate surface area is 126 Å². The third kappa shape index (κ3) is 7.90. The van der Waals surface area contributed by atoms with Crippen molar-refractivity contribution >= 4 is 12.0 Å². The first-order valence-electron chi connectivity index (χ1n) is 7.99. The fourth-order valence-electron chi connectivity index (χ4n) is 2.43. The number of amides is 2. The van der Waals surface area contributed by atoms with E-state index in [0.29, 0.717) is 19.5 Å². The maximum Gasteiger partial charge on any atom is 0.317 e. The number of carbonyl (C=O) groups is 2. The topological polar surface area (TPSA) is 78.9 Å². The minimum absolute atomic E-state index is 0.0296. The molecule has 122 valence electrons. The molecule has 1 heterocycles. The van der Waals surface area contributed by atoms with Gasteiger partial charge in [-0.15, -0.1) is 0 Å². The first kappa shape index (κ1) is 17.8. The number of piperidine rings is 1. The lowest BCUT2D eigenvalue weighted by atomic mass is 10.1. The molecule has 1 unspecified atom stereocenters. The van der Waals surface area contributed by atoms with Crippen molar-refractivity contribution in [3.05, 3.63) is 0 Å². The minimum atomic E-state index is -0.759. The Morgan fingerprint density at radius 3 is 2.86 bits per heavy atom. The number of carboxylic acids is 1. The van der Waals surface area contributed by atoms with Crippen LogP contribution in [0.25, 0.3) is 0 Å². The standard InChI is InChI=1S/C15H28N2O4/c1-2-11-21-13-7-6-10-17(12-13)15(20)16-9-5-3-4-8-14(18)19/h13H,2-12H2,1H3,(H,16,20)(H,18,19). The molecular formula is C15H28N2O4. The van der Waals surface area contributed by atoms with Gasteiger partial charge >= 0.3 is 12.0 Å². The number of ether oxygens (including phenoxy) is 1. The van der Waals surface area contributed by atoms with Gasteiger partial charge in [-0.1, -0.05) is 13.3 Å². The molecule has 21 heavy (non-hydrogen) atoms. The number of carboxylic acid groups (broad SMARTS) is 1. The minimum Gasteiger partial charge on any atom is -0.481 e. The van der Waals surface area contributed by atoms with Crippen molar-refractivity contribution in [3.63, 3.8) is 0 Å². The number of aliphatic carboxylic acids is 1. The van der Waals surface area contributed by atoms with Crippen molar-refractivity contribution in [2.75, 3.05) is 26.2 Å². The molecular weight excluding hydrogens is 272 g/mol. The van der Waals surface area contributed by atoms with E-state index in [-0.39, 0.29) is 18.6 Å². The Hall–Kier alpha value is -1.30. The normalized spacial score (nSPS) is 18.5. The summed E-state index contributed by atoms with van der Waals surface area (Å²) in [4.78, 5) is 24.2. The van der Waals surface area contributed by atoms with Crippen LogP contribution in [0.3, 0.4) is 0 Å². The first-order chi connectivity index (χ1) is 10.1. The molecule has 0 aromatic rings. The Morgan fingerprint density at radius 1 is 1.33 bits per heavy atom. The van der Waals surface area contributed by atoms with Crippen molar-refractivity contribution in [1.82, 2.24) is 10.2 Å². The molecule has 1 atom stereocenters. The lowest BCUT2D eigenvalue weighted by Crippen LogP contribution is -2.48. The van der Waals surface area contributed by atoms with Crippen LogP contribution in [0.15, 0.2) is 0 Å². The van der Waals surface area contributed by atoms with Crippen LogP contribution in [0, 0.1) is 0 Å². The van der Waals surface area contributed by atoms with Crippen LogP contribution in [-0.4, -0.2) is 54.4 Å². The monoisotopic (exact) mass is 300 g/mol. The molecule has 6 nitrogen and oxygen atoms in total. The molecule has 1 rings (SSSR count). The summed E-state index contributed by atoms with van der Waals surface area (Å²) in [5.41, 5.74) is 0. The zero-order valence-corrected chi connectivity index (χ0v) is 13.0. The largest absolute Gasteiger partial charge is 0.481 e. The first-order valence-corrected chi connectivity index (χ1v) is 7.99. The molecule has 0 aromatic carbocycles. The maximum atomic E-state index is 12.0. The highest BCUT2D eigenvalue weighted by Crippen LogP contribution is 2.13. The van der Waals surface area contributed by atoms with Gasteiger partial charge in [0, 0.05) is 32.7 Å². The van der Waals surface area contributed by atoms with Gasteiger partial charge < -0.3 is 20.1 Å². The average molecular weight is 300 g/mol. The Kier molecular flexibility index (Phi) is 8.82. The zero-order valence-electron chi connectivity index (χ0n) is 13.0. The van der Waals surface area contributed by atoms with Gasteiger partial charge in [0.05, 0.1) is 6.10 Å². The summed E-state index contributed by atoms with van der Waals surface area (Å²) in [6.07, 6.45) is 5.70. The third-order valence-corrected chi connectivity index (χ3v) is 3.57. The number of hydrogen-bond acceptors (Lipinski definition) is 3. The van der Waals surface area contributed by atoms with E-state index in [9.17, 15) is 9.59 Å². The van der Waals surface area contributed by atoms with Crippen LogP contribution in [-0.2, 0) is 9.53 Å². The SMILES string of the molecule is CCCOC1CCCN(C(=O)NCCCCCC(=O)O)C1. The van der Waals surface area contributed by atoms with Gasteiger partial charge in [-0.25, -0.2) is 4.79 Å². The Balaban J connectivity index is 2.12. The van der Waals surface area contributed by atoms with Crippen molar-refractivity contribution in [2.24, 2.45) is 0 Å². The second-order valence-electron chi connectivity index (χ2n) is 5.52. The lowest BCUT2D eigenvalue weighted by Gasteiger charge is -2.32. The van der Waals surface area contributed by atoms with Gasteiger partial charge in [-0.05, 0) is 32.1 Å². The maximum absolute atomic E-state index is 12.0. The van der Waals surface area contributed by atoms with Crippen LogP contribution in [0.4, 0.5) is 4.79 Å². The van der Waals surface area contributed by atoms with Crippen LogP contribution in [0.5, 0.6) is 0 Å². The highest BCUT2D eigenvalue weighted by molar-refractivity contribution is 5.74. The number of carbonyl (C=O) groups excluding carboxylic acids is 1. The smallest absolute Gasteiger partial charge is 0.317 e. The molecule has 1 aliphatic heterocycles. The molecule has 0 saturated carbocycles. The van der Waals surface area contributed by atoms with Gasteiger partial charge in [0.2, 0.25) is 0 Å². The predicted octanol–water partition coefficient (Wildman–Crippen LogP) is 2.23. The van der Waals surface area contributed by atoms with Gasteiger partial charge in [-0.3, -0.25) is 4.79 Å². The van der Waals surface area contributed by atoms with E-state index in [4.69, 9.17) is 9.84 Å². The second-order valence-corrected chi connectivity index (χ2v) is 5.52. The summed E-state index contributed by atoms with van der Waals surface area (Å²) in [6, 6.07) is -0.0296. The van der Waals surface area contributed by atoms with E-state index < -0.39 is 5.97 Å². The molecule has 1 aliphatic rings. The predicted molar refractivity (Wildman–Crippen MR) is 80.3 cm³/mol. The van der Waals surface area contributed by atoms with E-state index in [1.165, 1.54) is 0 Å². The third-order valence-electron chi connectivity index (χ3n) is 3.57. The molecule has 1 saturated heterocycles. The molecule has 0 bridgehead atoms. The van der Waals surface area contributed by atoms with E-state index in [0.717, 1.165) is 45.3 Å². The van der Waals surface area contributed by atoms with Gasteiger partial charge in [-0.2, -0.15) is 0 Å². The van der Waals surface area contributed by atoms with Crippen molar-refractivity contribution < 1.29 is 19.4 Å². The average Bonchev–Trinajstić information content (AvgIpc) is 2.48. The van der Waals surface area contributed by atoms with E-state index >= 15 is 0 Å². The molecule has 0 aliphatic carbocycles. The number of likely N-dealkylation sites (tertiary alicyclic amines) is 1. The zero-order chi connectivity index (χ0) is 15.5. The molecule has 0 spiro atoms. The highest BCUT2D eigenvalue weighted by Gasteiger charge is 2.23. The summed E-state index contributed by atoms with van der Waals surface area (Å²) in [5.74, 6) is -0.759. The van der Waals surface area contributed by atoms with Crippen LogP contribution < -0.4 is 5.32 Å². The fraction of sp³-hybridized carbons (Fsp3) is 0.867. The summed E-state index contributed by atoms with van der Waals surface area (Å²) in [6.45, 7) is 4.90. The van der Waals surface area contributed by atoms with Crippen molar-refractivity contribution in [3.8, 4) is 0 Å². The lowest BCUT2D eigenvalue weighted by molar-refractivity contribution is -0.137. The van der Waals surface area contributed by atoms with Gasteiger partial charge in [0.25, 0.3) is 0 Å². The summed E-state index contributed by atoms with van der Waals surface area (Å²) in [7, 11) is 0. The fourth-order valence-corrected chi connectivity index (χ4v) is 2.43. The number of hydrogen-bond donors (Lipinski definition) is 2. The van der Waals surface area contributed by atoms with Crippen LogP contribution in [0.2, 0.25) is 0 Å². The van der Waals surface area contributed by atoms with Crippen molar-refractivity contribution in [1.29, 1.82) is 0 Å². The molecule has 6 heteroatoms. The van der Waals surface area contributed by atoms with Gasteiger partial charge in [0.15, 0.2) is 0 Å². The van der Waals surface area contributed by atoms with E-state index in [1.807, 2.05) is 4.90 Å². The number of unbranched alkanes of at least 4 members (excludes halogenated alkanes) is 2. The summed E-state index contributed by atoms with van der Waals surface area (Å²) >= 11 is 0. The Morgan fingerprint density at radius 2 is 2.14 bits per heavy atom. The quantitative estimate of drug-likeness (QED) is 0.640. The Bertz CT molecular complexity index is 323. The van der Waals surface area contributed by atoms with Crippen LogP contribution in [0.1, 0.15) is 51.9 Å². The summed E-state index contributed by atoms with van der Waals surface area (Å²) in [5, 5.41) is 11.4. The molecule has 0 aromatic heterocycles. The summed E-state index contributed by atoms with van der Waals surface area (Å²) < 4.78 is 5.72. The van der Waals surface area contributed by atoms with Crippen LogP contribution >= 0.6 is 0 Å². The van der Waals surface area contributed by atoms with Gasteiger partial charge in [0.1, 0.15) is 0 Å². The van der Waals surface area contributed by atoms with E-state index in [1.54, 1.807) is 0 Å². The van der Waals surface area contributed by atoms with Crippen molar-refractivity contribution in [2.45, 2.75) is 58.0 Å². The highest BCUT2D eigenvalue weighted by atomic mass is 16.5. The number of rotatable bonds is 9. The number of urea groups is 1. The number of nitrogens with one attached hydrogen (secondary N) is 1.